The van der Waals surface area contributed by atoms with Gasteiger partial charge in [0.05, 0.1) is 13.0 Å². The van der Waals surface area contributed by atoms with Gasteiger partial charge in [0.1, 0.15) is 5.75 Å². The van der Waals surface area contributed by atoms with Gasteiger partial charge in [0.15, 0.2) is 0 Å². The molecule has 2 unspecified atom stereocenters. The van der Waals surface area contributed by atoms with Gasteiger partial charge in [-0.1, -0.05) is 24.3 Å². The number of piperazine rings is 1. The largest absolute Gasteiger partial charge is 0.497 e. The van der Waals surface area contributed by atoms with Gasteiger partial charge >= 0.3 is 0 Å². The van der Waals surface area contributed by atoms with Crippen LogP contribution in [0.25, 0.3) is 10.8 Å². The highest BCUT2D eigenvalue weighted by atomic mass is 16.5. The first-order valence-corrected chi connectivity index (χ1v) is 8.19. The minimum atomic E-state index is -0.123. The van der Waals surface area contributed by atoms with E-state index in [0.717, 1.165) is 41.7 Å². The van der Waals surface area contributed by atoms with Gasteiger partial charge in [0.25, 0.3) is 0 Å². The van der Waals surface area contributed by atoms with Gasteiger partial charge in [0, 0.05) is 25.7 Å². The molecule has 0 aromatic heterocycles. The van der Waals surface area contributed by atoms with Crippen molar-refractivity contribution in [2.24, 2.45) is 0 Å². The maximum absolute atomic E-state index is 12.8. The summed E-state index contributed by atoms with van der Waals surface area (Å²) >= 11 is 0. The Morgan fingerprint density at radius 2 is 2.00 bits per heavy atom. The van der Waals surface area contributed by atoms with Crippen molar-refractivity contribution in [3.05, 3.63) is 42.0 Å². The molecule has 0 bridgehead atoms. The van der Waals surface area contributed by atoms with Gasteiger partial charge in [-0.2, -0.15) is 0 Å². The lowest BCUT2D eigenvalue weighted by atomic mass is 9.95. The van der Waals surface area contributed by atoms with Crippen LogP contribution in [0.4, 0.5) is 0 Å². The molecule has 122 valence electrons. The van der Waals surface area contributed by atoms with Crippen molar-refractivity contribution in [1.82, 2.24) is 10.2 Å². The van der Waals surface area contributed by atoms with E-state index in [4.69, 9.17) is 4.74 Å². The molecule has 2 aromatic carbocycles. The summed E-state index contributed by atoms with van der Waals surface area (Å²) in [6, 6.07) is 12.5. The number of methoxy groups -OCH3 is 1. The predicted molar refractivity (Wildman–Crippen MR) is 93.0 cm³/mol. The summed E-state index contributed by atoms with van der Waals surface area (Å²) in [5.41, 5.74) is 1.07. The topological polar surface area (TPSA) is 41.6 Å². The molecular weight excluding hydrogens is 288 g/mol. The van der Waals surface area contributed by atoms with Crippen molar-refractivity contribution in [3.63, 3.8) is 0 Å². The summed E-state index contributed by atoms with van der Waals surface area (Å²) < 4.78 is 5.26. The SMILES string of the molecule is COc1ccc2cc(C(C)C(=O)N3CCNCC3C)ccc2c1. The molecule has 1 aliphatic rings. The van der Waals surface area contributed by atoms with E-state index < -0.39 is 0 Å². The lowest BCUT2D eigenvalue weighted by molar-refractivity contribution is -0.135. The molecule has 0 radical (unpaired) electrons. The first kappa shape index (κ1) is 15.8. The molecule has 2 atom stereocenters. The molecule has 1 N–H and O–H groups in total. The highest BCUT2D eigenvalue weighted by molar-refractivity contribution is 5.88. The highest BCUT2D eigenvalue weighted by Gasteiger charge is 2.27. The fraction of sp³-hybridized carbons (Fsp3) is 0.421. The number of benzene rings is 2. The van der Waals surface area contributed by atoms with Gasteiger partial charge in [-0.3, -0.25) is 4.79 Å². The molecule has 23 heavy (non-hydrogen) atoms. The minimum Gasteiger partial charge on any atom is -0.497 e. The molecule has 0 spiro atoms. The Labute approximate surface area is 137 Å². The molecule has 0 aliphatic carbocycles. The van der Waals surface area contributed by atoms with Crippen molar-refractivity contribution in [2.45, 2.75) is 25.8 Å². The number of hydrogen-bond acceptors (Lipinski definition) is 3. The van der Waals surface area contributed by atoms with Gasteiger partial charge in [-0.15, -0.1) is 0 Å². The fourth-order valence-corrected chi connectivity index (χ4v) is 3.20. The van der Waals surface area contributed by atoms with Crippen LogP contribution in [0, 0.1) is 0 Å². The maximum Gasteiger partial charge on any atom is 0.230 e. The average molecular weight is 312 g/mol. The molecule has 3 rings (SSSR count). The van der Waals surface area contributed by atoms with Crippen molar-refractivity contribution >= 4 is 16.7 Å². The fourth-order valence-electron chi connectivity index (χ4n) is 3.20. The van der Waals surface area contributed by atoms with E-state index in [9.17, 15) is 4.79 Å². The summed E-state index contributed by atoms with van der Waals surface area (Å²) in [6.07, 6.45) is 0. The first-order chi connectivity index (χ1) is 11.1. The van der Waals surface area contributed by atoms with E-state index in [-0.39, 0.29) is 17.9 Å². The van der Waals surface area contributed by atoms with E-state index >= 15 is 0 Å². The van der Waals surface area contributed by atoms with E-state index in [2.05, 4.69) is 30.4 Å². The Balaban J connectivity index is 1.85. The molecule has 4 heteroatoms. The number of nitrogens with one attached hydrogen (secondary N) is 1. The van der Waals surface area contributed by atoms with E-state index in [1.807, 2.05) is 30.0 Å². The number of carbonyl (C=O) groups excluding carboxylic acids is 1. The second kappa shape index (κ2) is 6.59. The normalized spacial score (nSPS) is 19.6. The number of amides is 1. The minimum absolute atomic E-state index is 0.123. The van der Waals surface area contributed by atoms with E-state index in [0.29, 0.717) is 0 Å². The molecular formula is C19H24N2O2. The molecule has 4 nitrogen and oxygen atoms in total. The highest BCUT2D eigenvalue weighted by Crippen LogP contribution is 2.26. The van der Waals surface area contributed by atoms with Crippen LogP contribution in [0.15, 0.2) is 36.4 Å². The van der Waals surface area contributed by atoms with Crippen LogP contribution in [0.1, 0.15) is 25.3 Å². The zero-order valence-electron chi connectivity index (χ0n) is 14.0. The number of hydrogen-bond donors (Lipinski definition) is 1. The second-order valence-corrected chi connectivity index (χ2v) is 6.28. The smallest absolute Gasteiger partial charge is 0.230 e. The maximum atomic E-state index is 12.8. The Hall–Kier alpha value is -2.07. The quantitative estimate of drug-likeness (QED) is 0.947. The summed E-state index contributed by atoms with van der Waals surface area (Å²) in [5.74, 6) is 0.943. The van der Waals surface area contributed by atoms with Crippen LogP contribution in [0.3, 0.4) is 0 Å². The Morgan fingerprint density at radius 1 is 1.26 bits per heavy atom. The monoisotopic (exact) mass is 312 g/mol. The van der Waals surface area contributed by atoms with E-state index in [1.54, 1.807) is 7.11 Å². The third-order valence-electron chi connectivity index (χ3n) is 4.73. The Kier molecular flexibility index (Phi) is 4.53. The van der Waals surface area contributed by atoms with Crippen LogP contribution >= 0.6 is 0 Å². The molecule has 1 heterocycles. The zero-order valence-corrected chi connectivity index (χ0v) is 14.0. The van der Waals surface area contributed by atoms with Crippen LogP contribution in [-0.2, 0) is 4.79 Å². The number of ether oxygens (including phenoxy) is 1. The van der Waals surface area contributed by atoms with Gasteiger partial charge < -0.3 is 15.0 Å². The molecule has 1 aliphatic heterocycles. The lowest BCUT2D eigenvalue weighted by Crippen LogP contribution is -2.53. The zero-order chi connectivity index (χ0) is 16.4. The number of carbonyl (C=O) groups is 1. The third-order valence-corrected chi connectivity index (χ3v) is 4.73. The van der Waals surface area contributed by atoms with Gasteiger partial charge in [-0.05, 0) is 42.3 Å². The van der Waals surface area contributed by atoms with Crippen LogP contribution in [-0.4, -0.2) is 43.6 Å². The van der Waals surface area contributed by atoms with Crippen molar-refractivity contribution in [3.8, 4) is 5.75 Å². The predicted octanol–water partition coefficient (Wildman–Crippen LogP) is 2.77. The molecule has 1 amide bonds. The van der Waals surface area contributed by atoms with Crippen molar-refractivity contribution < 1.29 is 9.53 Å². The van der Waals surface area contributed by atoms with Crippen LogP contribution in [0.5, 0.6) is 5.75 Å². The average Bonchev–Trinajstić information content (AvgIpc) is 2.60. The molecule has 1 saturated heterocycles. The Morgan fingerprint density at radius 3 is 2.74 bits per heavy atom. The van der Waals surface area contributed by atoms with Gasteiger partial charge in [0.2, 0.25) is 5.91 Å². The van der Waals surface area contributed by atoms with Crippen LogP contribution in [0.2, 0.25) is 0 Å². The summed E-state index contributed by atoms with van der Waals surface area (Å²) in [7, 11) is 1.67. The Bertz CT molecular complexity index is 714. The van der Waals surface area contributed by atoms with E-state index in [1.165, 1.54) is 0 Å². The standard InChI is InChI=1S/C19H24N2O2/c1-13-12-20-8-9-21(13)19(22)14(2)15-4-5-17-11-18(23-3)7-6-16(17)10-15/h4-7,10-11,13-14,20H,8-9,12H2,1-3H3. The van der Waals surface area contributed by atoms with Crippen molar-refractivity contribution in [2.75, 3.05) is 26.7 Å². The van der Waals surface area contributed by atoms with Gasteiger partial charge in [-0.25, -0.2) is 0 Å². The molecule has 1 fully saturated rings. The number of fused-ring (bicyclic) bond motifs is 1. The number of nitrogens with zero attached hydrogens (tertiary/aromatic N) is 1. The third kappa shape index (κ3) is 3.17. The lowest BCUT2D eigenvalue weighted by Gasteiger charge is -2.35. The molecule has 0 saturated carbocycles. The molecule has 2 aromatic rings. The number of rotatable bonds is 3. The second-order valence-electron chi connectivity index (χ2n) is 6.28. The van der Waals surface area contributed by atoms with Crippen molar-refractivity contribution in [1.29, 1.82) is 0 Å². The summed E-state index contributed by atoms with van der Waals surface area (Å²) in [4.78, 5) is 14.8. The summed E-state index contributed by atoms with van der Waals surface area (Å²) in [6.45, 7) is 6.64. The summed E-state index contributed by atoms with van der Waals surface area (Å²) in [5, 5.41) is 5.59. The first-order valence-electron chi connectivity index (χ1n) is 8.19. The van der Waals surface area contributed by atoms with Crippen LogP contribution < -0.4 is 10.1 Å².